The summed E-state index contributed by atoms with van der Waals surface area (Å²) in [5.41, 5.74) is 1.85. The number of benzene rings is 1. The SMILES string of the molecule is O=C1c2nc(-c3ccnc(NC4CCOCC4)n3)sc2C2(CCOCC2)N1Cc1cccc(Cl)c1. The number of thiazole rings is 1. The van der Waals surface area contributed by atoms with E-state index in [1.165, 1.54) is 0 Å². The van der Waals surface area contributed by atoms with Gasteiger partial charge in [-0.25, -0.2) is 15.0 Å². The van der Waals surface area contributed by atoms with Gasteiger partial charge in [0.15, 0.2) is 0 Å². The highest BCUT2D eigenvalue weighted by molar-refractivity contribution is 7.15. The number of nitrogens with one attached hydrogen (secondary N) is 1. The van der Waals surface area contributed by atoms with Crippen LogP contribution in [0.4, 0.5) is 5.95 Å². The number of ether oxygens (including phenoxy) is 2. The molecule has 0 aliphatic carbocycles. The van der Waals surface area contributed by atoms with Crippen LogP contribution in [0.15, 0.2) is 36.5 Å². The van der Waals surface area contributed by atoms with Gasteiger partial charge in [-0.3, -0.25) is 4.79 Å². The summed E-state index contributed by atoms with van der Waals surface area (Å²) in [6.07, 6.45) is 5.10. The van der Waals surface area contributed by atoms with Crippen molar-refractivity contribution in [1.82, 2.24) is 19.9 Å². The van der Waals surface area contributed by atoms with Crippen molar-refractivity contribution in [2.75, 3.05) is 31.7 Å². The van der Waals surface area contributed by atoms with Gasteiger partial charge in [-0.2, -0.15) is 0 Å². The minimum absolute atomic E-state index is 0.0426. The molecule has 1 amide bonds. The van der Waals surface area contributed by atoms with Gasteiger partial charge in [0.25, 0.3) is 5.91 Å². The third-order valence-electron chi connectivity index (χ3n) is 6.99. The monoisotopic (exact) mass is 511 g/mol. The molecule has 35 heavy (non-hydrogen) atoms. The van der Waals surface area contributed by atoms with Crippen LogP contribution in [0.2, 0.25) is 5.02 Å². The number of carbonyl (C=O) groups is 1. The van der Waals surface area contributed by atoms with Crippen LogP contribution < -0.4 is 5.32 Å². The second kappa shape index (κ2) is 9.46. The van der Waals surface area contributed by atoms with E-state index in [4.69, 9.17) is 31.0 Å². The Balaban J connectivity index is 1.31. The first kappa shape index (κ1) is 22.8. The molecule has 6 rings (SSSR count). The minimum atomic E-state index is -0.418. The molecule has 0 radical (unpaired) electrons. The van der Waals surface area contributed by atoms with Gasteiger partial charge in [0.1, 0.15) is 16.4 Å². The molecule has 2 fully saturated rings. The summed E-state index contributed by atoms with van der Waals surface area (Å²) < 4.78 is 11.1. The van der Waals surface area contributed by atoms with Gasteiger partial charge in [0, 0.05) is 50.2 Å². The van der Waals surface area contributed by atoms with E-state index in [1.807, 2.05) is 35.2 Å². The lowest BCUT2D eigenvalue weighted by molar-refractivity contribution is -0.0166. The van der Waals surface area contributed by atoms with E-state index in [-0.39, 0.29) is 5.91 Å². The lowest BCUT2D eigenvalue weighted by atomic mass is 9.88. The van der Waals surface area contributed by atoms with E-state index < -0.39 is 5.54 Å². The number of halogens is 1. The zero-order chi connectivity index (χ0) is 23.8. The molecule has 10 heteroatoms. The highest BCUT2D eigenvalue weighted by Crippen LogP contribution is 2.50. The molecular formula is C25H26ClN5O3S. The maximum absolute atomic E-state index is 13.7. The van der Waals surface area contributed by atoms with Crippen LogP contribution in [-0.4, -0.2) is 58.2 Å². The molecule has 5 heterocycles. The van der Waals surface area contributed by atoms with E-state index in [2.05, 4.69) is 10.3 Å². The molecule has 8 nitrogen and oxygen atoms in total. The molecule has 0 saturated carbocycles. The lowest BCUT2D eigenvalue weighted by Crippen LogP contribution is -2.47. The van der Waals surface area contributed by atoms with E-state index in [0.717, 1.165) is 60.0 Å². The predicted octanol–water partition coefficient (Wildman–Crippen LogP) is 4.51. The third kappa shape index (κ3) is 4.31. The Morgan fingerprint density at radius 3 is 2.71 bits per heavy atom. The van der Waals surface area contributed by atoms with E-state index >= 15 is 0 Å². The number of amides is 1. The summed E-state index contributed by atoms with van der Waals surface area (Å²) in [6.45, 7) is 3.20. The fourth-order valence-electron chi connectivity index (χ4n) is 5.15. The molecule has 1 spiro atoms. The zero-order valence-corrected chi connectivity index (χ0v) is 20.8. The van der Waals surface area contributed by atoms with Crippen molar-refractivity contribution in [1.29, 1.82) is 0 Å². The van der Waals surface area contributed by atoms with Gasteiger partial charge in [-0.1, -0.05) is 23.7 Å². The van der Waals surface area contributed by atoms with E-state index in [1.54, 1.807) is 17.5 Å². The van der Waals surface area contributed by atoms with Crippen molar-refractivity contribution in [3.05, 3.63) is 57.7 Å². The van der Waals surface area contributed by atoms with Crippen LogP contribution in [0.5, 0.6) is 0 Å². The average molecular weight is 512 g/mol. The summed E-state index contributed by atoms with van der Waals surface area (Å²) in [5, 5.41) is 4.83. The minimum Gasteiger partial charge on any atom is -0.381 e. The number of anilines is 1. The van der Waals surface area contributed by atoms with Gasteiger partial charge in [-0.15, -0.1) is 11.3 Å². The number of fused-ring (bicyclic) bond motifs is 2. The number of carbonyl (C=O) groups excluding carboxylic acids is 1. The quantitative estimate of drug-likeness (QED) is 0.539. The fourth-order valence-corrected chi connectivity index (χ4v) is 6.65. The molecule has 0 unspecified atom stereocenters. The second-order valence-corrected chi connectivity index (χ2v) is 10.6. The second-order valence-electron chi connectivity index (χ2n) is 9.16. The topological polar surface area (TPSA) is 89.5 Å². The molecule has 2 saturated heterocycles. The van der Waals surface area contributed by atoms with Crippen molar-refractivity contribution < 1.29 is 14.3 Å². The molecule has 3 aliphatic heterocycles. The van der Waals surface area contributed by atoms with Gasteiger partial charge in [-0.05, 0) is 49.4 Å². The molecule has 3 aromatic rings. The Morgan fingerprint density at radius 2 is 1.91 bits per heavy atom. The van der Waals surface area contributed by atoms with Crippen LogP contribution in [0.1, 0.15) is 46.6 Å². The van der Waals surface area contributed by atoms with Crippen molar-refractivity contribution >= 4 is 34.8 Å². The summed E-state index contributed by atoms with van der Waals surface area (Å²) in [5.74, 6) is 0.540. The number of aromatic nitrogens is 3. The summed E-state index contributed by atoms with van der Waals surface area (Å²) >= 11 is 7.78. The Labute approximate surface area is 212 Å². The zero-order valence-electron chi connectivity index (χ0n) is 19.2. The Bertz CT molecular complexity index is 1240. The summed E-state index contributed by atoms with van der Waals surface area (Å²) in [6, 6.07) is 9.84. The molecule has 0 bridgehead atoms. The number of rotatable bonds is 5. The normalized spacial score (nSPS) is 19.8. The lowest BCUT2D eigenvalue weighted by Gasteiger charge is -2.41. The Kier molecular flexibility index (Phi) is 6.18. The smallest absolute Gasteiger partial charge is 0.274 e. The first-order valence-electron chi connectivity index (χ1n) is 12.0. The van der Waals surface area contributed by atoms with Crippen LogP contribution in [-0.2, 0) is 21.6 Å². The predicted molar refractivity (Wildman–Crippen MR) is 134 cm³/mol. The molecular weight excluding hydrogens is 486 g/mol. The number of hydrogen-bond donors (Lipinski definition) is 1. The fraction of sp³-hybridized carbons (Fsp3) is 0.440. The molecule has 2 aromatic heterocycles. The van der Waals surface area contributed by atoms with Crippen LogP contribution in [0.25, 0.3) is 10.7 Å². The standard InChI is InChI=1S/C25H26ClN5O3S/c26-17-3-1-2-16(14-17)15-31-23(32)20-21(25(31)7-12-34-13-8-25)35-22(30-20)19-4-9-27-24(29-19)28-18-5-10-33-11-6-18/h1-4,9,14,18H,5-8,10-13,15H2,(H,27,28,29). The van der Waals surface area contributed by atoms with Crippen LogP contribution in [0, 0.1) is 0 Å². The van der Waals surface area contributed by atoms with Gasteiger partial charge < -0.3 is 19.7 Å². The van der Waals surface area contributed by atoms with Crippen molar-refractivity contribution in [2.24, 2.45) is 0 Å². The van der Waals surface area contributed by atoms with Gasteiger partial charge in [0.2, 0.25) is 5.95 Å². The average Bonchev–Trinajstić information content (AvgIpc) is 3.41. The summed E-state index contributed by atoms with van der Waals surface area (Å²) in [7, 11) is 0. The van der Waals surface area contributed by atoms with Crippen molar-refractivity contribution in [3.8, 4) is 10.7 Å². The number of nitrogens with zero attached hydrogens (tertiary/aromatic N) is 4. The molecule has 182 valence electrons. The Hall–Kier alpha value is -2.59. The summed E-state index contributed by atoms with van der Waals surface area (Å²) in [4.78, 5) is 30.6. The first-order chi connectivity index (χ1) is 17.1. The van der Waals surface area contributed by atoms with Crippen molar-refractivity contribution in [3.63, 3.8) is 0 Å². The molecule has 1 N–H and O–H groups in total. The number of hydrogen-bond acceptors (Lipinski definition) is 8. The maximum atomic E-state index is 13.7. The van der Waals surface area contributed by atoms with E-state index in [0.29, 0.717) is 42.5 Å². The van der Waals surface area contributed by atoms with Gasteiger partial charge >= 0.3 is 0 Å². The first-order valence-corrected chi connectivity index (χ1v) is 13.1. The van der Waals surface area contributed by atoms with Crippen LogP contribution in [0.3, 0.4) is 0 Å². The van der Waals surface area contributed by atoms with Gasteiger partial charge in [0.05, 0.1) is 10.4 Å². The Morgan fingerprint density at radius 1 is 1.11 bits per heavy atom. The maximum Gasteiger partial charge on any atom is 0.274 e. The largest absolute Gasteiger partial charge is 0.381 e. The molecule has 1 aromatic carbocycles. The third-order valence-corrected chi connectivity index (χ3v) is 8.50. The highest BCUT2D eigenvalue weighted by Gasteiger charge is 2.53. The molecule has 0 atom stereocenters. The van der Waals surface area contributed by atoms with E-state index in [9.17, 15) is 4.79 Å². The highest BCUT2D eigenvalue weighted by atomic mass is 35.5. The van der Waals surface area contributed by atoms with Crippen molar-refractivity contribution in [2.45, 2.75) is 43.8 Å². The van der Waals surface area contributed by atoms with Crippen LogP contribution >= 0.6 is 22.9 Å². The molecule has 3 aliphatic rings.